The Balaban J connectivity index is 1.74. The summed E-state index contributed by atoms with van der Waals surface area (Å²) in [7, 11) is 0. The monoisotopic (exact) mass is 244 g/mol. The van der Waals surface area contributed by atoms with Gasteiger partial charge < -0.3 is 5.32 Å². The fourth-order valence-corrected chi connectivity index (χ4v) is 3.47. The van der Waals surface area contributed by atoms with E-state index in [0.29, 0.717) is 6.04 Å². The van der Waals surface area contributed by atoms with Gasteiger partial charge in [-0.3, -0.25) is 4.90 Å². The zero-order valence-electron chi connectivity index (χ0n) is 11.4. The molecule has 1 unspecified atom stereocenters. The van der Waals surface area contributed by atoms with Crippen molar-refractivity contribution in [3.63, 3.8) is 0 Å². The predicted molar refractivity (Wildman–Crippen MR) is 75.5 cm³/mol. The van der Waals surface area contributed by atoms with Gasteiger partial charge in [0.2, 0.25) is 0 Å². The van der Waals surface area contributed by atoms with Crippen LogP contribution in [-0.2, 0) is 6.54 Å². The van der Waals surface area contributed by atoms with E-state index in [2.05, 4.69) is 41.4 Å². The Hall–Kier alpha value is -0.860. The van der Waals surface area contributed by atoms with Gasteiger partial charge in [-0.1, -0.05) is 37.6 Å². The maximum atomic E-state index is 3.57. The third-order valence-corrected chi connectivity index (χ3v) is 4.73. The quantitative estimate of drug-likeness (QED) is 0.860. The Bertz CT molecular complexity index is 394. The molecule has 1 saturated heterocycles. The first-order valence-electron chi connectivity index (χ1n) is 7.41. The molecule has 2 nitrogen and oxygen atoms in total. The van der Waals surface area contributed by atoms with Crippen LogP contribution in [-0.4, -0.2) is 24.5 Å². The molecule has 0 aromatic heterocycles. The third-order valence-electron chi connectivity index (χ3n) is 4.73. The van der Waals surface area contributed by atoms with E-state index >= 15 is 0 Å². The molecule has 0 spiro atoms. The molecular weight excluding hydrogens is 220 g/mol. The molecule has 2 aliphatic heterocycles. The van der Waals surface area contributed by atoms with E-state index in [0.717, 1.165) is 19.0 Å². The van der Waals surface area contributed by atoms with Crippen LogP contribution < -0.4 is 5.32 Å². The standard InChI is InChI=1S/C16H24N2/c1-2-13-7-9-18(10-8-13)16-12-17-11-14-5-3-4-6-15(14)16/h3-6,13,16-17H,2,7-12H2,1H3. The summed E-state index contributed by atoms with van der Waals surface area (Å²) < 4.78 is 0. The summed E-state index contributed by atoms with van der Waals surface area (Å²) in [6.07, 6.45) is 4.12. The van der Waals surface area contributed by atoms with Crippen LogP contribution in [0, 0.1) is 5.92 Å². The van der Waals surface area contributed by atoms with Gasteiger partial charge in [-0.05, 0) is 43.0 Å². The zero-order valence-corrected chi connectivity index (χ0v) is 11.4. The second kappa shape index (κ2) is 5.41. The molecule has 0 saturated carbocycles. The van der Waals surface area contributed by atoms with Crippen molar-refractivity contribution >= 4 is 0 Å². The van der Waals surface area contributed by atoms with Crippen LogP contribution in [0.1, 0.15) is 43.4 Å². The SMILES string of the molecule is CCC1CCN(C2CNCc3ccccc32)CC1. The lowest BCUT2D eigenvalue weighted by molar-refractivity contribution is 0.124. The summed E-state index contributed by atoms with van der Waals surface area (Å²) in [6.45, 7) is 7.04. The average Bonchev–Trinajstić information content (AvgIpc) is 2.47. The van der Waals surface area contributed by atoms with Crippen molar-refractivity contribution in [2.75, 3.05) is 19.6 Å². The first-order valence-corrected chi connectivity index (χ1v) is 7.41. The minimum atomic E-state index is 0.604. The predicted octanol–water partition coefficient (Wildman–Crippen LogP) is 2.95. The minimum absolute atomic E-state index is 0.604. The van der Waals surface area contributed by atoms with Crippen molar-refractivity contribution in [1.29, 1.82) is 0 Å². The van der Waals surface area contributed by atoms with Gasteiger partial charge >= 0.3 is 0 Å². The van der Waals surface area contributed by atoms with Crippen molar-refractivity contribution in [3.05, 3.63) is 35.4 Å². The van der Waals surface area contributed by atoms with Crippen LogP contribution in [0.15, 0.2) is 24.3 Å². The molecule has 1 atom stereocenters. The van der Waals surface area contributed by atoms with Crippen molar-refractivity contribution in [1.82, 2.24) is 10.2 Å². The maximum Gasteiger partial charge on any atom is 0.0476 e. The Morgan fingerprint density at radius 3 is 2.78 bits per heavy atom. The molecule has 18 heavy (non-hydrogen) atoms. The first-order chi connectivity index (χ1) is 8.88. The minimum Gasteiger partial charge on any atom is -0.311 e. The highest BCUT2D eigenvalue weighted by atomic mass is 15.2. The number of hydrogen-bond donors (Lipinski definition) is 1. The van der Waals surface area contributed by atoms with Gasteiger partial charge in [0, 0.05) is 19.1 Å². The average molecular weight is 244 g/mol. The van der Waals surface area contributed by atoms with E-state index in [1.54, 1.807) is 5.56 Å². The number of rotatable bonds is 2. The van der Waals surface area contributed by atoms with Gasteiger partial charge in [0.05, 0.1) is 0 Å². The molecule has 1 aromatic carbocycles. The lowest BCUT2D eigenvalue weighted by Gasteiger charge is -2.40. The smallest absolute Gasteiger partial charge is 0.0476 e. The van der Waals surface area contributed by atoms with Crippen molar-refractivity contribution in [3.8, 4) is 0 Å². The molecule has 0 aliphatic carbocycles. The molecule has 0 radical (unpaired) electrons. The van der Waals surface area contributed by atoms with Crippen molar-refractivity contribution in [2.45, 2.75) is 38.8 Å². The van der Waals surface area contributed by atoms with Crippen LogP contribution in [0.25, 0.3) is 0 Å². The summed E-state index contributed by atoms with van der Waals surface area (Å²) in [5.41, 5.74) is 3.05. The largest absolute Gasteiger partial charge is 0.311 e. The van der Waals surface area contributed by atoms with Gasteiger partial charge in [-0.15, -0.1) is 0 Å². The zero-order chi connectivity index (χ0) is 12.4. The number of likely N-dealkylation sites (tertiary alicyclic amines) is 1. The van der Waals surface area contributed by atoms with E-state index in [1.165, 1.54) is 37.9 Å². The number of nitrogens with one attached hydrogen (secondary N) is 1. The van der Waals surface area contributed by atoms with Gasteiger partial charge in [0.1, 0.15) is 0 Å². The summed E-state index contributed by atoms with van der Waals surface area (Å²) in [6, 6.07) is 9.55. The summed E-state index contributed by atoms with van der Waals surface area (Å²) in [5.74, 6) is 0.966. The number of piperidine rings is 1. The van der Waals surface area contributed by atoms with E-state index in [-0.39, 0.29) is 0 Å². The highest BCUT2D eigenvalue weighted by Crippen LogP contribution is 2.31. The Labute approximate surface area is 110 Å². The molecule has 0 bridgehead atoms. The molecule has 2 heteroatoms. The number of hydrogen-bond acceptors (Lipinski definition) is 2. The molecule has 1 N–H and O–H groups in total. The second-order valence-corrected chi connectivity index (χ2v) is 5.73. The van der Waals surface area contributed by atoms with Crippen LogP contribution in [0.3, 0.4) is 0 Å². The Kier molecular flexibility index (Phi) is 3.67. The first kappa shape index (κ1) is 12.2. The van der Waals surface area contributed by atoms with E-state index in [4.69, 9.17) is 0 Å². The van der Waals surface area contributed by atoms with E-state index < -0.39 is 0 Å². The Morgan fingerprint density at radius 2 is 2.00 bits per heavy atom. The fourth-order valence-electron chi connectivity index (χ4n) is 3.47. The second-order valence-electron chi connectivity index (χ2n) is 5.73. The molecule has 1 aromatic rings. The molecule has 2 aliphatic rings. The number of nitrogens with zero attached hydrogens (tertiary/aromatic N) is 1. The van der Waals surface area contributed by atoms with Crippen LogP contribution in [0.4, 0.5) is 0 Å². The summed E-state index contributed by atoms with van der Waals surface area (Å²) >= 11 is 0. The molecule has 3 rings (SSSR count). The third kappa shape index (κ3) is 2.32. The van der Waals surface area contributed by atoms with Gasteiger partial charge in [0.15, 0.2) is 0 Å². The topological polar surface area (TPSA) is 15.3 Å². The fraction of sp³-hybridized carbons (Fsp3) is 0.625. The molecule has 98 valence electrons. The molecule has 2 heterocycles. The maximum absolute atomic E-state index is 3.57. The van der Waals surface area contributed by atoms with Gasteiger partial charge in [-0.2, -0.15) is 0 Å². The summed E-state index contributed by atoms with van der Waals surface area (Å²) in [5, 5.41) is 3.57. The van der Waals surface area contributed by atoms with Crippen molar-refractivity contribution in [2.24, 2.45) is 5.92 Å². The van der Waals surface area contributed by atoms with Crippen LogP contribution >= 0.6 is 0 Å². The molecular formula is C16H24N2. The molecule has 0 amide bonds. The lowest BCUT2D eigenvalue weighted by atomic mass is 9.90. The van der Waals surface area contributed by atoms with Crippen LogP contribution in [0.2, 0.25) is 0 Å². The lowest BCUT2D eigenvalue weighted by Crippen LogP contribution is -2.43. The Morgan fingerprint density at radius 1 is 1.22 bits per heavy atom. The normalized spacial score (nSPS) is 25.9. The number of benzene rings is 1. The van der Waals surface area contributed by atoms with Crippen LogP contribution in [0.5, 0.6) is 0 Å². The summed E-state index contributed by atoms with van der Waals surface area (Å²) in [4.78, 5) is 2.69. The van der Waals surface area contributed by atoms with E-state index in [1.807, 2.05) is 0 Å². The van der Waals surface area contributed by atoms with E-state index in [9.17, 15) is 0 Å². The number of fused-ring (bicyclic) bond motifs is 1. The van der Waals surface area contributed by atoms with Gasteiger partial charge in [-0.25, -0.2) is 0 Å². The van der Waals surface area contributed by atoms with Gasteiger partial charge in [0.25, 0.3) is 0 Å². The highest BCUT2D eigenvalue weighted by Gasteiger charge is 2.28. The van der Waals surface area contributed by atoms with Crippen molar-refractivity contribution < 1.29 is 0 Å². The molecule has 1 fully saturated rings. The highest BCUT2D eigenvalue weighted by molar-refractivity contribution is 5.32.